The summed E-state index contributed by atoms with van der Waals surface area (Å²) >= 11 is 0. The Kier molecular flexibility index (Phi) is 3.21. The molecular formula is C12H17FN2. The maximum absolute atomic E-state index is 12.4. The Morgan fingerprint density at radius 2 is 2.40 bits per heavy atom. The summed E-state index contributed by atoms with van der Waals surface area (Å²) in [6.45, 7) is 3.74. The monoisotopic (exact) mass is 208 g/mol. The van der Waals surface area contributed by atoms with Gasteiger partial charge in [0.25, 0.3) is 0 Å². The average Bonchev–Trinajstić information content (AvgIpc) is 2.74. The van der Waals surface area contributed by atoms with E-state index in [1.54, 1.807) is 0 Å². The second kappa shape index (κ2) is 4.62. The van der Waals surface area contributed by atoms with Crippen molar-refractivity contribution in [2.45, 2.75) is 26.1 Å². The molecule has 0 saturated carbocycles. The molecule has 1 aromatic rings. The topological polar surface area (TPSA) is 24.1 Å². The summed E-state index contributed by atoms with van der Waals surface area (Å²) in [5.41, 5.74) is 3.00. The van der Waals surface area contributed by atoms with Gasteiger partial charge in [-0.15, -0.1) is 0 Å². The van der Waals surface area contributed by atoms with Crippen LogP contribution >= 0.6 is 0 Å². The number of alkyl halides is 1. The van der Waals surface area contributed by atoms with Crippen LogP contribution in [0.25, 0.3) is 0 Å². The normalized spacial score (nSPS) is 20.5. The summed E-state index contributed by atoms with van der Waals surface area (Å²) < 4.78 is 12.4. The molecule has 3 heteroatoms. The smallest absolute Gasteiger partial charge is 0.115 e. The van der Waals surface area contributed by atoms with Crippen LogP contribution in [-0.2, 0) is 6.67 Å². The average molecular weight is 208 g/mol. The molecule has 2 rings (SSSR count). The van der Waals surface area contributed by atoms with Crippen LogP contribution in [0.1, 0.15) is 17.5 Å². The van der Waals surface area contributed by atoms with Crippen LogP contribution in [0.2, 0.25) is 0 Å². The lowest BCUT2D eigenvalue weighted by atomic mass is 10.1. The lowest BCUT2D eigenvalue weighted by molar-refractivity contribution is 0.485. The molecule has 82 valence electrons. The van der Waals surface area contributed by atoms with E-state index >= 15 is 0 Å². The fourth-order valence-electron chi connectivity index (χ4n) is 1.97. The van der Waals surface area contributed by atoms with Gasteiger partial charge in [-0.05, 0) is 37.1 Å². The van der Waals surface area contributed by atoms with E-state index in [1.165, 1.54) is 0 Å². The van der Waals surface area contributed by atoms with E-state index in [4.69, 9.17) is 0 Å². The van der Waals surface area contributed by atoms with Gasteiger partial charge in [0.1, 0.15) is 6.67 Å². The van der Waals surface area contributed by atoms with E-state index in [1.807, 2.05) is 25.1 Å². The van der Waals surface area contributed by atoms with Crippen LogP contribution in [0.15, 0.2) is 18.2 Å². The van der Waals surface area contributed by atoms with Crippen LogP contribution < -0.4 is 10.6 Å². The fourth-order valence-corrected chi connectivity index (χ4v) is 1.97. The van der Waals surface area contributed by atoms with Gasteiger partial charge in [0, 0.05) is 18.3 Å². The molecule has 0 aromatic heterocycles. The van der Waals surface area contributed by atoms with Crippen LogP contribution in [-0.4, -0.2) is 19.1 Å². The van der Waals surface area contributed by atoms with Gasteiger partial charge in [-0.2, -0.15) is 0 Å². The molecule has 2 nitrogen and oxygen atoms in total. The zero-order valence-corrected chi connectivity index (χ0v) is 9.02. The second-order valence-corrected chi connectivity index (χ2v) is 4.12. The Bertz CT molecular complexity index is 332. The lowest BCUT2D eigenvalue weighted by Crippen LogP contribution is -2.22. The second-order valence-electron chi connectivity index (χ2n) is 4.12. The Morgan fingerprint density at radius 3 is 3.00 bits per heavy atom. The zero-order chi connectivity index (χ0) is 10.7. The van der Waals surface area contributed by atoms with Crippen LogP contribution in [0, 0.1) is 6.92 Å². The predicted molar refractivity (Wildman–Crippen MR) is 60.9 cm³/mol. The van der Waals surface area contributed by atoms with Crippen molar-refractivity contribution in [2.75, 3.05) is 18.4 Å². The number of aryl methyl sites for hydroxylation is 1. The van der Waals surface area contributed by atoms with Gasteiger partial charge in [-0.25, -0.2) is 4.39 Å². The Labute approximate surface area is 89.9 Å². The first-order valence-electron chi connectivity index (χ1n) is 5.42. The lowest BCUT2D eigenvalue weighted by Gasteiger charge is -2.15. The minimum Gasteiger partial charge on any atom is -0.381 e. The molecule has 1 fully saturated rings. The Morgan fingerprint density at radius 1 is 1.53 bits per heavy atom. The van der Waals surface area contributed by atoms with Gasteiger partial charge in [-0.1, -0.05) is 12.1 Å². The molecule has 1 atom stereocenters. The Hall–Kier alpha value is -1.09. The molecule has 1 heterocycles. The maximum Gasteiger partial charge on any atom is 0.115 e. The number of benzene rings is 1. The fraction of sp³-hybridized carbons (Fsp3) is 0.500. The van der Waals surface area contributed by atoms with Gasteiger partial charge < -0.3 is 10.6 Å². The molecule has 2 N–H and O–H groups in total. The van der Waals surface area contributed by atoms with Crippen molar-refractivity contribution in [1.82, 2.24) is 5.32 Å². The molecule has 1 aliphatic rings. The molecular weight excluding hydrogens is 191 g/mol. The van der Waals surface area contributed by atoms with Gasteiger partial charge in [0.2, 0.25) is 0 Å². The number of rotatable bonds is 3. The maximum atomic E-state index is 12.4. The van der Waals surface area contributed by atoms with E-state index in [2.05, 4.69) is 10.6 Å². The first kappa shape index (κ1) is 10.4. The summed E-state index contributed by atoms with van der Waals surface area (Å²) in [6, 6.07) is 6.24. The Balaban J connectivity index is 2.07. The molecule has 1 saturated heterocycles. The number of hydrogen-bond donors (Lipinski definition) is 2. The van der Waals surface area contributed by atoms with E-state index in [9.17, 15) is 4.39 Å². The van der Waals surface area contributed by atoms with Crippen molar-refractivity contribution in [2.24, 2.45) is 0 Å². The van der Waals surface area contributed by atoms with Crippen LogP contribution in [0.3, 0.4) is 0 Å². The van der Waals surface area contributed by atoms with Gasteiger partial charge in [-0.3, -0.25) is 0 Å². The molecule has 0 spiro atoms. The SMILES string of the molecule is Cc1cc(CF)ccc1NC1CCNC1. The molecule has 0 radical (unpaired) electrons. The van der Waals surface area contributed by atoms with E-state index in [-0.39, 0.29) is 6.67 Å². The van der Waals surface area contributed by atoms with E-state index in [0.29, 0.717) is 6.04 Å². The molecule has 1 aromatic carbocycles. The van der Waals surface area contributed by atoms with Crippen LogP contribution in [0.4, 0.5) is 10.1 Å². The third-order valence-electron chi connectivity index (χ3n) is 2.87. The predicted octanol–water partition coefficient (Wildman–Crippen LogP) is 2.24. The molecule has 1 aliphatic heterocycles. The highest BCUT2D eigenvalue weighted by molar-refractivity contribution is 5.52. The number of hydrogen-bond acceptors (Lipinski definition) is 2. The first-order valence-corrected chi connectivity index (χ1v) is 5.42. The highest BCUT2D eigenvalue weighted by Crippen LogP contribution is 2.19. The summed E-state index contributed by atoms with van der Waals surface area (Å²) in [7, 11) is 0. The molecule has 0 bridgehead atoms. The van der Waals surface area contributed by atoms with Gasteiger partial charge in [0.15, 0.2) is 0 Å². The highest BCUT2D eigenvalue weighted by Gasteiger charge is 2.14. The molecule has 0 aliphatic carbocycles. The summed E-state index contributed by atoms with van der Waals surface area (Å²) in [6.07, 6.45) is 1.16. The van der Waals surface area contributed by atoms with Gasteiger partial charge >= 0.3 is 0 Å². The molecule has 0 amide bonds. The van der Waals surface area contributed by atoms with Crippen molar-refractivity contribution in [3.05, 3.63) is 29.3 Å². The standard InChI is InChI=1S/C12H17FN2/c1-9-6-10(7-13)2-3-12(9)15-11-4-5-14-8-11/h2-3,6,11,14-15H,4-5,7-8H2,1H3. The minimum absolute atomic E-state index is 0.383. The summed E-state index contributed by atoms with van der Waals surface area (Å²) in [4.78, 5) is 0. The summed E-state index contributed by atoms with van der Waals surface area (Å²) in [5, 5.41) is 6.79. The quantitative estimate of drug-likeness (QED) is 0.796. The number of anilines is 1. The van der Waals surface area contributed by atoms with Crippen LogP contribution in [0.5, 0.6) is 0 Å². The van der Waals surface area contributed by atoms with Crippen molar-refractivity contribution in [3.63, 3.8) is 0 Å². The van der Waals surface area contributed by atoms with E-state index < -0.39 is 0 Å². The van der Waals surface area contributed by atoms with Gasteiger partial charge in [0.05, 0.1) is 0 Å². The first-order chi connectivity index (χ1) is 7.29. The van der Waals surface area contributed by atoms with Crippen molar-refractivity contribution in [3.8, 4) is 0 Å². The van der Waals surface area contributed by atoms with Crippen molar-refractivity contribution >= 4 is 5.69 Å². The van der Waals surface area contributed by atoms with E-state index in [0.717, 1.165) is 36.3 Å². The number of halogens is 1. The minimum atomic E-state index is -0.383. The highest BCUT2D eigenvalue weighted by atomic mass is 19.1. The van der Waals surface area contributed by atoms with Crippen molar-refractivity contribution in [1.29, 1.82) is 0 Å². The summed E-state index contributed by atoms with van der Waals surface area (Å²) in [5.74, 6) is 0. The third-order valence-corrected chi connectivity index (χ3v) is 2.87. The third kappa shape index (κ3) is 2.48. The molecule has 1 unspecified atom stereocenters. The largest absolute Gasteiger partial charge is 0.381 e. The molecule has 15 heavy (non-hydrogen) atoms. The number of nitrogens with one attached hydrogen (secondary N) is 2. The van der Waals surface area contributed by atoms with Crippen molar-refractivity contribution < 1.29 is 4.39 Å². The zero-order valence-electron chi connectivity index (χ0n) is 9.02.